The lowest BCUT2D eigenvalue weighted by Gasteiger charge is -2.17. The van der Waals surface area contributed by atoms with Gasteiger partial charge in [0, 0.05) is 30.7 Å². The molecule has 1 aromatic heterocycles. The molecule has 0 bridgehead atoms. The van der Waals surface area contributed by atoms with Crippen LogP contribution in [0.25, 0.3) is 0 Å². The van der Waals surface area contributed by atoms with Crippen LogP contribution in [-0.2, 0) is 13.0 Å². The van der Waals surface area contributed by atoms with Gasteiger partial charge in [0.2, 0.25) is 0 Å². The maximum atomic E-state index is 12.3. The van der Waals surface area contributed by atoms with Gasteiger partial charge in [-0.05, 0) is 49.2 Å². The summed E-state index contributed by atoms with van der Waals surface area (Å²) in [5.41, 5.74) is 2.72. The molecule has 0 aliphatic rings. The average molecular weight is 415 g/mol. The van der Waals surface area contributed by atoms with Crippen LogP contribution in [0.3, 0.4) is 0 Å². The Balaban J connectivity index is 1.46. The van der Waals surface area contributed by atoms with Crippen LogP contribution in [0.2, 0.25) is 5.02 Å². The molecule has 1 heterocycles. The van der Waals surface area contributed by atoms with E-state index in [2.05, 4.69) is 15.5 Å². The highest BCUT2D eigenvalue weighted by atomic mass is 35.5. The van der Waals surface area contributed by atoms with Crippen molar-refractivity contribution in [1.82, 2.24) is 15.0 Å². The number of anilines is 1. The summed E-state index contributed by atoms with van der Waals surface area (Å²) < 4.78 is 10.9. The zero-order valence-electron chi connectivity index (χ0n) is 16.6. The number of ether oxygens (including phenoxy) is 1. The zero-order valence-corrected chi connectivity index (χ0v) is 17.4. The van der Waals surface area contributed by atoms with Crippen LogP contribution in [0.1, 0.15) is 22.8 Å². The summed E-state index contributed by atoms with van der Waals surface area (Å²) in [6.45, 7) is 4.53. The fourth-order valence-electron chi connectivity index (χ4n) is 2.56. The Hall–Kier alpha value is -3.06. The smallest absolute Gasteiger partial charge is 0.321 e. The third-order valence-corrected chi connectivity index (χ3v) is 4.71. The fraction of sp³-hybridized carbons (Fsp3) is 0.286. The summed E-state index contributed by atoms with van der Waals surface area (Å²) in [6, 6.07) is 12.9. The number of likely N-dealkylation sites (N-methyl/N-ethyl adjacent to an activating group) is 1. The van der Waals surface area contributed by atoms with E-state index in [4.69, 9.17) is 20.9 Å². The van der Waals surface area contributed by atoms with E-state index in [-0.39, 0.29) is 12.6 Å². The SMILES string of the molecule is Cc1cccc(OCc2nc(CCN(C)C(=O)Nc3ccc(C)c(Cl)c3)no2)c1. The molecule has 3 rings (SSSR count). The Morgan fingerprint density at radius 2 is 2.07 bits per heavy atom. The molecule has 3 aromatic rings. The molecular weight excluding hydrogens is 392 g/mol. The van der Waals surface area contributed by atoms with Crippen LogP contribution in [0.15, 0.2) is 47.0 Å². The second-order valence-electron chi connectivity index (χ2n) is 6.78. The van der Waals surface area contributed by atoms with Gasteiger partial charge in [0.15, 0.2) is 12.4 Å². The minimum atomic E-state index is -0.239. The van der Waals surface area contributed by atoms with Gasteiger partial charge in [-0.1, -0.05) is 35.0 Å². The van der Waals surface area contributed by atoms with E-state index >= 15 is 0 Å². The quantitative estimate of drug-likeness (QED) is 0.609. The number of aromatic nitrogens is 2. The lowest BCUT2D eigenvalue weighted by Crippen LogP contribution is -2.33. The maximum Gasteiger partial charge on any atom is 0.321 e. The highest BCUT2D eigenvalue weighted by Gasteiger charge is 2.12. The molecule has 0 fully saturated rings. The Morgan fingerprint density at radius 1 is 1.24 bits per heavy atom. The van der Waals surface area contributed by atoms with Gasteiger partial charge in [-0.15, -0.1) is 0 Å². The summed E-state index contributed by atoms with van der Waals surface area (Å²) in [4.78, 5) is 18.2. The molecule has 2 aromatic carbocycles. The molecule has 0 saturated heterocycles. The molecule has 0 saturated carbocycles. The minimum absolute atomic E-state index is 0.195. The zero-order chi connectivity index (χ0) is 20.8. The Labute approximate surface area is 174 Å². The van der Waals surface area contributed by atoms with Gasteiger partial charge >= 0.3 is 6.03 Å². The number of hydrogen-bond donors (Lipinski definition) is 1. The van der Waals surface area contributed by atoms with Gasteiger partial charge in [-0.2, -0.15) is 4.98 Å². The van der Waals surface area contributed by atoms with E-state index in [1.807, 2.05) is 50.2 Å². The molecule has 152 valence electrons. The number of aryl methyl sites for hydroxylation is 2. The van der Waals surface area contributed by atoms with Crippen molar-refractivity contribution in [2.45, 2.75) is 26.9 Å². The first-order valence-corrected chi connectivity index (χ1v) is 9.57. The second-order valence-corrected chi connectivity index (χ2v) is 7.18. The molecular formula is C21H23ClN4O3. The molecule has 7 nitrogen and oxygen atoms in total. The highest BCUT2D eigenvalue weighted by molar-refractivity contribution is 6.31. The third-order valence-electron chi connectivity index (χ3n) is 4.30. The van der Waals surface area contributed by atoms with E-state index in [1.54, 1.807) is 18.0 Å². The van der Waals surface area contributed by atoms with E-state index < -0.39 is 0 Å². The maximum absolute atomic E-state index is 12.3. The lowest BCUT2D eigenvalue weighted by atomic mass is 10.2. The van der Waals surface area contributed by atoms with Crippen molar-refractivity contribution < 1.29 is 14.1 Å². The molecule has 1 N–H and O–H groups in total. The lowest BCUT2D eigenvalue weighted by molar-refractivity contribution is 0.222. The van der Waals surface area contributed by atoms with E-state index in [9.17, 15) is 4.79 Å². The summed E-state index contributed by atoms with van der Waals surface area (Å²) in [5, 5.41) is 7.36. The van der Waals surface area contributed by atoms with Crippen LogP contribution < -0.4 is 10.1 Å². The van der Waals surface area contributed by atoms with Gasteiger partial charge in [0.05, 0.1) is 0 Å². The van der Waals surface area contributed by atoms with E-state index in [1.165, 1.54) is 0 Å². The Bertz CT molecular complexity index is 990. The average Bonchev–Trinajstić information content (AvgIpc) is 3.15. The summed E-state index contributed by atoms with van der Waals surface area (Å²) >= 11 is 6.09. The molecule has 0 radical (unpaired) electrons. The largest absolute Gasteiger partial charge is 0.484 e. The van der Waals surface area contributed by atoms with Crippen molar-refractivity contribution in [3.8, 4) is 5.75 Å². The summed E-state index contributed by atoms with van der Waals surface area (Å²) in [6.07, 6.45) is 0.465. The number of urea groups is 1. The van der Waals surface area contributed by atoms with Crippen molar-refractivity contribution in [3.05, 3.63) is 70.3 Å². The third kappa shape index (κ3) is 5.96. The van der Waals surface area contributed by atoms with Crippen molar-refractivity contribution >= 4 is 23.3 Å². The number of nitrogens with one attached hydrogen (secondary N) is 1. The number of benzene rings is 2. The van der Waals surface area contributed by atoms with Gasteiger partial charge in [-0.3, -0.25) is 0 Å². The predicted molar refractivity (Wildman–Crippen MR) is 111 cm³/mol. The summed E-state index contributed by atoms with van der Waals surface area (Å²) in [5.74, 6) is 1.66. The molecule has 0 atom stereocenters. The number of rotatable bonds is 7. The van der Waals surface area contributed by atoms with Crippen LogP contribution in [0, 0.1) is 13.8 Å². The van der Waals surface area contributed by atoms with Gasteiger partial charge in [-0.25, -0.2) is 4.79 Å². The van der Waals surface area contributed by atoms with Crippen LogP contribution >= 0.6 is 11.6 Å². The number of halogens is 1. The topological polar surface area (TPSA) is 80.5 Å². The number of hydrogen-bond acceptors (Lipinski definition) is 5. The van der Waals surface area contributed by atoms with E-state index in [0.717, 1.165) is 16.9 Å². The molecule has 0 spiro atoms. The van der Waals surface area contributed by atoms with Crippen LogP contribution in [0.5, 0.6) is 5.75 Å². The second kappa shape index (κ2) is 9.43. The number of amides is 2. The first-order valence-electron chi connectivity index (χ1n) is 9.20. The summed E-state index contributed by atoms with van der Waals surface area (Å²) in [7, 11) is 1.70. The van der Waals surface area contributed by atoms with E-state index in [0.29, 0.717) is 35.4 Å². The number of carbonyl (C=O) groups excluding carboxylic acids is 1. The van der Waals surface area contributed by atoms with Gasteiger partial charge in [0.25, 0.3) is 5.89 Å². The monoisotopic (exact) mass is 414 g/mol. The van der Waals surface area contributed by atoms with Crippen LogP contribution in [0.4, 0.5) is 10.5 Å². The van der Waals surface area contributed by atoms with Gasteiger partial charge in [0.1, 0.15) is 5.75 Å². The predicted octanol–water partition coefficient (Wildman–Crippen LogP) is 4.63. The van der Waals surface area contributed by atoms with Crippen molar-refractivity contribution in [2.24, 2.45) is 0 Å². The standard InChI is InChI=1S/C21H23ClN4O3/c1-14-5-4-6-17(11-14)28-13-20-24-19(25-29-20)9-10-26(3)21(27)23-16-8-7-15(2)18(22)12-16/h4-8,11-12H,9-10,13H2,1-3H3,(H,23,27). The minimum Gasteiger partial charge on any atom is -0.484 e. The first kappa shape index (κ1) is 20.7. The molecule has 0 aliphatic heterocycles. The molecule has 29 heavy (non-hydrogen) atoms. The number of nitrogens with zero attached hydrogens (tertiary/aromatic N) is 3. The van der Waals surface area contributed by atoms with Crippen molar-refractivity contribution in [1.29, 1.82) is 0 Å². The fourth-order valence-corrected chi connectivity index (χ4v) is 2.74. The number of carbonyl (C=O) groups is 1. The van der Waals surface area contributed by atoms with Gasteiger partial charge < -0.3 is 19.5 Å². The molecule has 8 heteroatoms. The molecule has 0 aliphatic carbocycles. The Kier molecular flexibility index (Phi) is 6.72. The highest BCUT2D eigenvalue weighted by Crippen LogP contribution is 2.20. The molecule has 2 amide bonds. The van der Waals surface area contributed by atoms with Crippen molar-refractivity contribution in [2.75, 3.05) is 18.9 Å². The molecule has 0 unspecified atom stereocenters. The van der Waals surface area contributed by atoms with Crippen LogP contribution in [-0.4, -0.2) is 34.7 Å². The first-order chi connectivity index (χ1) is 13.9. The Morgan fingerprint density at radius 3 is 2.83 bits per heavy atom. The van der Waals surface area contributed by atoms with Crippen molar-refractivity contribution in [3.63, 3.8) is 0 Å². The normalized spacial score (nSPS) is 10.6.